The van der Waals surface area contributed by atoms with Gasteiger partial charge in [-0.2, -0.15) is 0 Å². The molecule has 396 valence electrons. The summed E-state index contributed by atoms with van der Waals surface area (Å²) < 4.78 is 5.48. The Morgan fingerprint density at radius 1 is 0.403 bits per heavy atom. The normalized spacial score (nSPS) is 12.7. The Bertz CT molecular complexity index is 1040. The van der Waals surface area contributed by atoms with Crippen LogP contribution in [-0.4, -0.2) is 47.4 Å². The molecule has 0 aliphatic carbocycles. The van der Waals surface area contributed by atoms with Crippen molar-refractivity contribution in [3.63, 3.8) is 0 Å². The van der Waals surface area contributed by atoms with Crippen LogP contribution in [0.3, 0.4) is 0 Å². The average Bonchev–Trinajstić information content (AvgIpc) is 3.33. The van der Waals surface area contributed by atoms with Gasteiger partial charge in [0.1, 0.15) is 0 Å². The van der Waals surface area contributed by atoms with Crippen molar-refractivity contribution >= 4 is 11.9 Å². The van der Waals surface area contributed by atoms with Gasteiger partial charge in [-0.25, -0.2) is 0 Å². The summed E-state index contributed by atoms with van der Waals surface area (Å²) in [5.41, 5.74) is 0. The minimum Gasteiger partial charge on any atom is -0.466 e. The number of nitrogens with one attached hydrogen (secondary N) is 1. The van der Waals surface area contributed by atoms with Gasteiger partial charge in [0.05, 0.1) is 25.4 Å². The summed E-state index contributed by atoms with van der Waals surface area (Å²) in [6, 6.07) is -0.626. The van der Waals surface area contributed by atoms with E-state index in [4.69, 9.17) is 4.74 Å². The molecule has 0 saturated carbocycles. The van der Waals surface area contributed by atoms with E-state index in [2.05, 4.69) is 31.3 Å². The first-order chi connectivity index (χ1) is 33.0. The molecule has 0 aliphatic heterocycles. The third-order valence-electron chi connectivity index (χ3n) is 14.0. The highest BCUT2D eigenvalue weighted by Crippen LogP contribution is 2.17. The van der Waals surface area contributed by atoms with Crippen molar-refractivity contribution in [2.24, 2.45) is 0 Å². The molecule has 0 radical (unpaired) electrons. The number of aliphatic hydroxyl groups is 2. The fourth-order valence-corrected chi connectivity index (χ4v) is 9.34. The van der Waals surface area contributed by atoms with Gasteiger partial charge in [0, 0.05) is 12.8 Å². The van der Waals surface area contributed by atoms with E-state index >= 15 is 0 Å². The zero-order valence-electron chi connectivity index (χ0n) is 45.1. The first-order valence-corrected chi connectivity index (χ1v) is 30.1. The number of carbonyl (C=O) groups excluding carboxylic acids is 2. The fraction of sp³-hybridized carbons (Fsp3) is 0.902. The van der Waals surface area contributed by atoms with E-state index in [1.165, 1.54) is 257 Å². The third kappa shape index (κ3) is 53.5. The molecule has 3 N–H and O–H groups in total. The lowest BCUT2D eigenvalue weighted by Crippen LogP contribution is -2.45. The molecule has 0 rings (SSSR count). The molecule has 0 aromatic rings. The second-order valence-electron chi connectivity index (χ2n) is 20.7. The van der Waals surface area contributed by atoms with Crippen LogP contribution in [0.5, 0.6) is 0 Å². The van der Waals surface area contributed by atoms with Crippen molar-refractivity contribution in [2.75, 3.05) is 13.2 Å². The molecule has 67 heavy (non-hydrogen) atoms. The lowest BCUT2D eigenvalue weighted by molar-refractivity contribution is -0.143. The molecule has 0 fully saturated rings. The molecule has 0 aromatic carbocycles. The maximum atomic E-state index is 12.4. The largest absolute Gasteiger partial charge is 0.466 e. The Hall–Kier alpha value is -1.66. The Morgan fingerprint density at radius 3 is 1.06 bits per heavy atom. The van der Waals surface area contributed by atoms with Crippen LogP contribution >= 0.6 is 0 Å². The summed E-state index contributed by atoms with van der Waals surface area (Å²) in [7, 11) is 0. The summed E-state index contributed by atoms with van der Waals surface area (Å²) >= 11 is 0. The van der Waals surface area contributed by atoms with E-state index in [0.717, 1.165) is 44.9 Å². The number of amides is 1. The van der Waals surface area contributed by atoms with E-state index in [-0.39, 0.29) is 18.5 Å². The van der Waals surface area contributed by atoms with E-state index in [1.54, 1.807) is 6.08 Å². The number of unbranched alkanes of at least 4 members (excludes halogenated alkanes) is 43. The molecule has 0 bridgehead atoms. The van der Waals surface area contributed by atoms with Crippen molar-refractivity contribution in [1.82, 2.24) is 5.32 Å². The summed E-state index contributed by atoms with van der Waals surface area (Å²) in [5.74, 6) is -0.0614. The highest BCUT2D eigenvalue weighted by atomic mass is 16.5. The first kappa shape index (κ1) is 65.3. The summed E-state index contributed by atoms with van der Waals surface area (Å²) in [5, 5.41) is 23.1. The number of carbonyl (C=O) groups is 2. The van der Waals surface area contributed by atoms with Gasteiger partial charge in [-0.3, -0.25) is 9.59 Å². The molecule has 1 amide bonds. The van der Waals surface area contributed by atoms with Crippen LogP contribution in [0.4, 0.5) is 0 Å². The van der Waals surface area contributed by atoms with Gasteiger partial charge in [-0.15, -0.1) is 0 Å². The van der Waals surface area contributed by atoms with Crippen LogP contribution in [0.1, 0.15) is 328 Å². The zero-order valence-corrected chi connectivity index (χ0v) is 45.1. The highest BCUT2D eigenvalue weighted by Gasteiger charge is 2.18. The minimum atomic E-state index is -0.843. The number of hydrogen-bond donors (Lipinski definition) is 3. The Balaban J connectivity index is 3.38. The van der Waals surface area contributed by atoms with E-state index < -0.39 is 12.1 Å². The monoisotopic (exact) mass is 944 g/mol. The first-order valence-electron chi connectivity index (χ1n) is 30.1. The van der Waals surface area contributed by atoms with Crippen LogP contribution in [0.2, 0.25) is 0 Å². The number of allylic oxidation sites excluding steroid dienone is 3. The van der Waals surface area contributed by atoms with Gasteiger partial charge in [0.15, 0.2) is 0 Å². The van der Waals surface area contributed by atoms with Gasteiger partial charge in [0.2, 0.25) is 5.91 Å². The van der Waals surface area contributed by atoms with Crippen molar-refractivity contribution in [3.8, 4) is 0 Å². The van der Waals surface area contributed by atoms with Crippen molar-refractivity contribution in [3.05, 3.63) is 24.3 Å². The zero-order chi connectivity index (χ0) is 48.6. The molecule has 0 aromatic heterocycles. The number of aliphatic hydroxyl groups excluding tert-OH is 2. The third-order valence-corrected chi connectivity index (χ3v) is 14.0. The summed E-state index contributed by atoms with van der Waals surface area (Å²) in [6.07, 6.45) is 69.3. The molecular formula is C61H117NO5. The lowest BCUT2D eigenvalue weighted by atomic mass is 10.0. The highest BCUT2D eigenvalue weighted by molar-refractivity contribution is 5.76. The maximum Gasteiger partial charge on any atom is 0.305 e. The predicted molar refractivity (Wildman–Crippen MR) is 292 cm³/mol. The fourth-order valence-electron chi connectivity index (χ4n) is 9.34. The Morgan fingerprint density at radius 2 is 0.701 bits per heavy atom. The molecule has 0 spiro atoms. The van der Waals surface area contributed by atoms with Gasteiger partial charge in [-0.05, 0) is 57.8 Å². The van der Waals surface area contributed by atoms with Gasteiger partial charge in [-0.1, -0.05) is 282 Å². The van der Waals surface area contributed by atoms with Crippen molar-refractivity contribution in [2.45, 2.75) is 341 Å². The quantitative estimate of drug-likeness (QED) is 0.0321. The molecule has 2 unspecified atom stereocenters. The number of rotatable bonds is 56. The molecule has 0 heterocycles. The maximum absolute atomic E-state index is 12.4. The summed E-state index contributed by atoms with van der Waals surface area (Å²) in [4.78, 5) is 24.5. The van der Waals surface area contributed by atoms with Crippen LogP contribution in [-0.2, 0) is 14.3 Å². The van der Waals surface area contributed by atoms with Gasteiger partial charge >= 0.3 is 5.97 Å². The van der Waals surface area contributed by atoms with Crippen molar-refractivity contribution < 1.29 is 24.5 Å². The second kappa shape index (κ2) is 56.9. The SMILES string of the molecule is CCCCCCC/C=C\CCCCCCCC(=O)OCCCCCCCCCCCCCCCCCCCCCCCCCC(=O)NC(CO)C(O)/C=C/CCCCCCCCCCCCC. The molecule has 0 aliphatic rings. The van der Waals surface area contributed by atoms with E-state index in [9.17, 15) is 19.8 Å². The Labute approximate surface area is 418 Å². The molecular weight excluding hydrogens is 827 g/mol. The Kier molecular flexibility index (Phi) is 55.5. The van der Waals surface area contributed by atoms with Gasteiger partial charge in [0.25, 0.3) is 0 Å². The van der Waals surface area contributed by atoms with E-state index in [1.807, 2.05) is 6.08 Å². The van der Waals surface area contributed by atoms with Crippen LogP contribution in [0.25, 0.3) is 0 Å². The molecule has 2 atom stereocenters. The number of esters is 1. The molecule has 6 heteroatoms. The second-order valence-corrected chi connectivity index (χ2v) is 20.7. The van der Waals surface area contributed by atoms with Crippen LogP contribution in [0.15, 0.2) is 24.3 Å². The molecule has 6 nitrogen and oxygen atoms in total. The van der Waals surface area contributed by atoms with Crippen LogP contribution < -0.4 is 5.32 Å². The molecule has 0 saturated heterocycles. The van der Waals surface area contributed by atoms with Crippen LogP contribution in [0, 0.1) is 0 Å². The standard InChI is InChI=1S/C61H117NO5/c1-3-5-7-9-11-13-15-17-31-35-39-43-47-51-55-61(66)67-56-52-48-44-40-36-32-28-26-24-22-20-18-19-21-23-25-27-30-34-38-42-46-50-54-60(65)62-58(57-63)59(64)53-49-45-41-37-33-29-16-14-12-10-8-6-4-2/h15,17,49,53,58-59,63-64H,3-14,16,18-48,50-52,54-57H2,1-2H3,(H,62,65)/b17-15-,53-49+. The minimum absolute atomic E-state index is 0.00544. The average molecular weight is 945 g/mol. The van der Waals surface area contributed by atoms with Gasteiger partial charge < -0.3 is 20.3 Å². The number of ether oxygens (including phenoxy) is 1. The lowest BCUT2D eigenvalue weighted by Gasteiger charge is -2.20. The van der Waals surface area contributed by atoms with E-state index in [0.29, 0.717) is 19.4 Å². The summed E-state index contributed by atoms with van der Waals surface area (Å²) in [6.45, 7) is 4.90. The predicted octanol–water partition coefficient (Wildman–Crippen LogP) is 18.6. The number of hydrogen-bond acceptors (Lipinski definition) is 5. The smallest absolute Gasteiger partial charge is 0.305 e. The topological polar surface area (TPSA) is 95.9 Å². The van der Waals surface area contributed by atoms with Crippen molar-refractivity contribution in [1.29, 1.82) is 0 Å².